The summed E-state index contributed by atoms with van der Waals surface area (Å²) >= 11 is 0. The molecule has 0 aliphatic carbocycles. The number of aryl methyl sites for hydroxylation is 1. The molecule has 0 amide bonds. The van der Waals surface area contributed by atoms with Gasteiger partial charge >= 0.3 is 0 Å². The zero-order valence-electron chi connectivity index (χ0n) is 5.13. The molecule has 48 valence electrons. The van der Waals surface area contributed by atoms with Gasteiger partial charge in [-0.25, -0.2) is 9.97 Å². The first-order valence-electron chi connectivity index (χ1n) is 2.59. The summed E-state index contributed by atoms with van der Waals surface area (Å²) < 4.78 is 0. The molecule has 0 radical (unpaired) electrons. The van der Waals surface area contributed by atoms with Gasteiger partial charge in [-0.3, -0.25) is 0 Å². The number of nitrogens with one attached hydrogen (secondary N) is 1. The van der Waals surface area contributed by atoms with Crippen LogP contribution in [0, 0.1) is 6.92 Å². The maximum absolute atomic E-state index is 4.05. The lowest BCUT2D eigenvalue weighted by Gasteiger charge is -1.96. The highest BCUT2D eigenvalue weighted by atomic mass is 31.0. The van der Waals surface area contributed by atoms with Gasteiger partial charge in [-0.15, -0.1) is 0 Å². The number of hydrogen-bond acceptors (Lipinski definition) is 3. The van der Waals surface area contributed by atoms with Crippen molar-refractivity contribution in [2.75, 3.05) is 5.09 Å². The highest BCUT2D eigenvalue weighted by Crippen LogP contribution is 2.01. The van der Waals surface area contributed by atoms with Gasteiger partial charge in [0.15, 0.2) is 0 Å². The molecule has 1 N–H and O–H groups in total. The van der Waals surface area contributed by atoms with Gasteiger partial charge in [-0.1, -0.05) is 0 Å². The number of nitrogens with zero attached hydrogens (tertiary/aromatic N) is 2. The summed E-state index contributed by atoms with van der Waals surface area (Å²) in [6.07, 6.45) is 1.72. The van der Waals surface area contributed by atoms with Crippen LogP contribution in [0.5, 0.6) is 0 Å². The fourth-order valence-electron chi connectivity index (χ4n) is 0.537. The van der Waals surface area contributed by atoms with Crippen molar-refractivity contribution in [1.82, 2.24) is 9.97 Å². The largest absolute Gasteiger partial charge is 0.354 e. The number of hydrogen-bond donors (Lipinski definition) is 1. The molecule has 0 aliphatic rings. The summed E-state index contributed by atoms with van der Waals surface area (Å²) in [6, 6.07) is 1.81. The molecule has 1 aromatic heterocycles. The van der Waals surface area contributed by atoms with Gasteiger partial charge in [-0.05, 0) is 22.4 Å². The molecule has 1 rings (SSSR count). The van der Waals surface area contributed by atoms with Crippen LogP contribution >= 0.6 is 9.39 Å². The normalized spacial score (nSPS) is 9.11. The fourth-order valence-corrected chi connectivity index (χ4v) is 0.697. The summed E-state index contributed by atoms with van der Waals surface area (Å²) in [7, 11) is 2.38. The average molecular weight is 141 g/mol. The molecule has 1 aromatic rings. The van der Waals surface area contributed by atoms with Gasteiger partial charge in [0.05, 0.1) is 0 Å². The van der Waals surface area contributed by atoms with E-state index in [1.807, 2.05) is 6.92 Å². The standard InChI is InChI=1S/C5H8N3P/c1-4-6-3-2-5(7-4)8-9/h2-3H,9H2,1H3,(H,6,7,8). The van der Waals surface area contributed by atoms with E-state index in [2.05, 4.69) is 24.4 Å². The Hall–Kier alpha value is -0.690. The highest BCUT2D eigenvalue weighted by Gasteiger charge is 1.87. The van der Waals surface area contributed by atoms with E-state index >= 15 is 0 Å². The van der Waals surface area contributed by atoms with E-state index in [0.717, 1.165) is 11.6 Å². The zero-order valence-corrected chi connectivity index (χ0v) is 6.28. The second-order valence-corrected chi connectivity index (χ2v) is 1.92. The quantitative estimate of drug-likeness (QED) is 0.592. The molecule has 9 heavy (non-hydrogen) atoms. The Balaban J connectivity index is 2.94. The van der Waals surface area contributed by atoms with Crippen LogP contribution in [0.1, 0.15) is 5.82 Å². The van der Waals surface area contributed by atoms with Crippen molar-refractivity contribution in [2.24, 2.45) is 0 Å². The van der Waals surface area contributed by atoms with Crippen molar-refractivity contribution in [3.05, 3.63) is 18.1 Å². The lowest BCUT2D eigenvalue weighted by molar-refractivity contribution is 1.06. The monoisotopic (exact) mass is 141 g/mol. The van der Waals surface area contributed by atoms with Crippen molar-refractivity contribution >= 4 is 15.2 Å². The van der Waals surface area contributed by atoms with Crippen LogP contribution in [0.2, 0.25) is 0 Å². The van der Waals surface area contributed by atoms with Crippen LogP contribution in [0.3, 0.4) is 0 Å². The smallest absolute Gasteiger partial charge is 0.132 e. The summed E-state index contributed by atoms with van der Waals surface area (Å²) in [5.41, 5.74) is 0. The third-order valence-corrected chi connectivity index (χ3v) is 1.22. The Morgan fingerprint density at radius 2 is 2.44 bits per heavy atom. The predicted octanol–water partition coefficient (Wildman–Crippen LogP) is 0.987. The van der Waals surface area contributed by atoms with Gasteiger partial charge in [0.25, 0.3) is 0 Å². The fraction of sp³-hybridized carbons (Fsp3) is 0.200. The first-order chi connectivity index (χ1) is 4.33. The maximum Gasteiger partial charge on any atom is 0.132 e. The van der Waals surface area contributed by atoms with Crippen molar-refractivity contribution in [3.8, 4) is 0 Å². The van der Waals surface area contributed by atoms with E-state index in [0.29, 0.717) is 0 Å². The number of rotatable bonds is 1. The molecule has 1 atom stereocenters. The Kier molecular flexibility index (Phi) is 1.96. The van der Waals surface area contributed by atoms with Gasteiger partial charge in [0, 0.05) is 6.20 Å². The van der Waals surface area contributed by atoms with Gasteiger partial charge in [0.2, 0.25) is 0 Å². The average Bonchev–Trinajstić information content (AvgIpc) is 1.88. The number of aromatic nitrogens is 2. The minimum Gasteiger partial charge on any atom is -0.354 e. The molecule has 0 saturated heterocycles. The third-order valence-electron chi connectivity index (χ3n) is 0.924. The SMILES string of the molecule is Cc1nccc(NP)n1. The van der Waals surface area contributed by atoms with Gasteiger partial charge < -0.3 is 5.09 Å². The molecule has 0 fully saturated rings. The van der Waals surface area contributed by atoms with Crippen molar-refractivity contribution in [1.29, 1.82) is 0 Å². The van der Waals surface area contributed by atoms with E-state index in [9.17, 15) is 0 Å². The minimum absolute atomic E-state index is 0.780. The Bertz CT molecular complexity index is 201. The van der Waals surface area contributed by atoms with E-state index in [1.54, 1.807) is 12.3 Å². The Morgan fingerprint density at radius 3 is 2.89 bits per heavy atom. The van der Waals surface area contributed by atoms with Crippen molar-refractivity contribution in [3.63, 3.8) is 0 Å². The lowest BCUT2D eigenvalue weighted by atomic mass is 10.6. The van der Waals surface area contributed by atoms with Crippen LogP contribution < -0.4 is 5.09 Å². The highest BCUT2D eigenvalue weighted by molar-refractivity contribution is 7.18. The maximum atomic E-state index is 4.05. The van der Waals surface area contributed by atoms with Crippen LogP contribution in [0.4, 0.5) is 5.82 Å². The Morgan fingerprint density at radius 1 is 1.67 bits per heavy atom. The second-order valence-electron chi connectivity index (χ2n) is 1.63. The zero-order chi connectivity index (χ0) is 6.69. The molecule has 3 nitrogen and oxygen atoms in total. The summed E-state index contributed by atoms with van der Waals surface area (Å²) in [5, 5.41) is 2.83. The topological polar surface area (TPSA) is 37.8 Å². The van der Waals surface area contributed by atoms with E-state index in [-0.39, 0.29) is 0 Å². The second kappa shape index (κ2) is 2.74. The molecule has 0 aromatic carbocycles. The van der Waals surface area contributed by atoms with E-state index < -0.39 is 0 Å². The van der Waals surface area contributed by atoms with Crippen LogP contribution in [0.25, 0.3) is 0 Å². The van der Waals surface area contributed by atoms with Crippen molar-refractivity contribution in [2.45, 2.75) is 6.92 Å². The molecule has 0 spiro atoms. The molecular weight excluding hydrogens is 133 g/mol. The molecule has 0 saturated carbocycles. The number of anilines is 1. The van der Waals surface area contributed by atoms with Gasteiger partial charge in [0.1, 0.15) is 11.6 Å². The summed E-state index contributed by atoms with van der Waals surface area (Å²) in [6.45, 7) is 1.85. The first kappa shape index (κ1) is 6.43. The summed E-state index contributed by atoms with van der Waals surface area (Å²) in [5.74, 6) is 1.61. The predicted molar refractivity (Wildman–Crippen MR) is 40.1 cm³/mol. The molecular formula is C5H8N3P. The molecule has 1 heterocycles. The summed E-state index contributed by atoms with van der Waals surface area (Å²) in [4.78, 5) is 7.98. The van der Waals surface area contributed by atoms with Crippen LogP contribution in [-0.4, -0.2) is 9.97 Å². The Labute approximate surface area is 56.2 Å². The third kappa shape index (κ3) is 1.61. The van der Waals surface area contributed by atoms with E-state index in [1.165, 1.54) is 0 Å². The molecule has 0 bridgehead atoms. The van der Waals surface area contributed by atoms with Gasteiger partial charge in [-0.2, -0.15) is 0 Å². The van der Waals surface area contributed by atoms with Crippen molar-refractivity contribution < 1.29 is 0 Å². The minimum atomic E-state index is 0.780. The van der Waals surface area contributed by atoms with E-state index in [4.69, 9.17) is 0 Å². The molecule has 4 heteroatoms. The lowest BCUT2D eigenvalue weighted by Crippen LogP contribution is -1.89. The first-order valence-corrected chi connectivity index (χ1v) is 3.17. The van der Waals surface area contributed by atoms with Crippen LogP contribution in [-0.2, 0) is 0 Å². The molecule has 1 unspecified atom stereocenters. The van der Waals surface area contributed by atoms with Crippen LogP contribution in [0.15, 0.2) is 12.3 Å². The molecule has 0 aliphatic heterocycles.